The van der Waals surface area contributed by atoms with Crippen LogP contribution in [0.5, 0.6) is 0 Å². The van der Waals surface area contributed by atoms with Gasteiger partial charge in [-0.05, 0) is 55.5 Å². The summed E-state index contributed by atoms with van der Waals surface area (Å²) in [5, 5.41) is 11.0. The summed E-state index contributed by atoms with van der Waals surface area (Å²) in [7, 11) is 0. The van der Waals surface area contributed by atoms with E-state index in [0.29, 0.717) is 11.6 Å². The average molecular weight is 428 g/mol. The van der Waals surface area contributed by atoms with Crippen molar-refractivity contribution < 1.29 is 9.72 Å². The number of amides is 1. The summed E-state index contributed by atoms with van der Waals surface area (Å²) in [5.74, 6) is -0.0960. The highest BCUT2D eigenvalue weighted by atomic mass is 35.5. The molecule has 29 heavy (non-hydrogen) atoms. The number of carbonyl (C=O) groups is 1. The van der Waals surface area contributed by atoms with Crippen LogP contribution in [-0.4, -0.2) is 21.1 Å². The number of benzene rings is 2. The van der Waals surface area contributed by atoms with Gasteiger partial charge in [0.05, 0.1) is 22.4 Å². The van der Waals surface area contributed by atoms with Crippen molar-refractivity contribution in [3.05, 3.63) is 93.8 Å². The summed E-state index contributed by atoms with van der Waals surface area (Å²) in [6.45, 7) is 2.14. The number of carbonyl (C=O) groups excluding carboxylic acids is 1. The Kier molecular flexibility index (Phi) is 6.85. The summed E-state index contributed by atoms with van der Waals surface area (Å²) in [6.07, 6.45) is 1.69. The molecule has 3 aromatic rings. The number of nitro groups is 1. The quantitative estimate of drug-likeness (QED) is 0.288. The normalized spacial score (nSPS) is 11.7. The summed E-state index contributed by atoms with van der Waals surface area (Å²) >= 11 is 7.34. The number of anilines is 1. The maximum absolute atomic E-state index is 13.2. The molecule has 0 aliphatic carbocycles. The Morgan fingerprint density at radius 3 is 2.41 bits per heavy atom. The highest BCUT2D eigenvalue weighted by molar-refractivity contribution is 8.00. The van der Waals surface area contributed by atoms with Crippen LogP contribution >= 0.6 is 23.4 Å². The standard InChI is InChI=1S/C21H18ClN3O3S/c1-15(29-20-11-9-19(10-12-20)25(27)28)21(26)24(14-17-4-2-3-13-23-17)18-7-5-16(22)6-8-18/h2-13,15H,14H2,1H3. The minimum atomic E-state index is -0.446. The lowest BCUT2D eigenvalue weighted by Crippen LogP contribution is -2.36. The first-order valence-electron chi connectivity index (χ1n) is 8.82. The van der Waals surface area contributed by atoms with Crippen molar-refractivity contribution in [2.75, 3.05) is 4.90 Å². The molecule has 0 fully saturated rings. The molecule has 0 bridgehead atoms. The number of thioether (sulfide) groups is 1. The van der Waals surface area contributed by atoms with Crippen LogP contribution in [0.2, 0.25) is 5.02 Å². The third-order valence-corrected chi connectivity index (χ3v) is 5.51. The Bertz CT molecular complexity index is 982. The maximum atomic E-state index is 13.2. The number of rotatable bonds is 7. The van der Waals surface area contributed by atoms with E-state index in [-0.39, 0.29) is 11.6 Å². The van der Waals surface area contributed by atoms with Gasteiger partial charge in [0, 0.05) is 33.9 Å². The van der Waals surface area contributed by atoms with Crippen LogP contribution in [0.4, 0.5) is 11.4 Å². The van der Waals surface area contributed by atoms with Crippen molar-refractivity contribution >= 4 is 40.6 Å². The molecule has 0 spiro atoms. The van der Waals surface area contributed by atoms with Crippen LogP contribution in [0.15, 0.2) is 77.8 Å². The van der Waals surface area contributed by atoms with Gasteiger partial charge in [-0.2, -0.15) is 0 Å². The summed E-state index contributed by atoms with van der Waals surface area (Å²) in [4.78, 5) is 30.4. The minimum Gasteiger partial charge on any atom is -0.305 e. The zero-order valence-corrected chi connectivity index (χ0v) is 17.1. The summed E-state index contributed by atoms with van der Waals surface area (Å²) in [5.41, 5.74) is 1.51. The van der Waals surface area contributed by atoms with Gasteiger partial charge < -0.3 is 4.90 Å². The van der Waals surface area contributed by atoms with Crippen molar-refractivity contribution in [1.82, 2.24) is 4.98 Å². The molecule has 1 aromatic heterocycles. The smallest absolute Gasteiger partial charge is 0.269 e. The molecule has 8 heteroatoms. The third-order valence-electron chi connectivity index (χ3n) is 4.16. The van der Waals surface area contributed by atoms with Gasteiger partial charge in [0.2, 0.25) is 5.91 Å². The van der Waals surface area contributed by atoms with E-state index in [1.165, 1.54) is 23.9 Å². The second-order valence-corrected chi connectivity index (χ2v) is 8.08. The second kappa shape index (κ2) is 9.54. The molecule has 0 saturated heterocycles. The fourth-order valence-electron chi connectivity index (χ4n) is 2.69. The molecule has 1 unspecified atom stereocenters. The van der Waals surface area contributed by atoms with Gasteiger partial charge in [-0.3, -0.25) is 19.9 Å². The van der Waals surface area contributed by atoms with Crippen LogP contribution in [0.3, 0.4) is 0 Å². The molecule has 2 aromatic carbocycles. The van der Waals surface area contributed by atoms with E-state index in [0.717, 1.165) is 16.3 Å². The van der Waals surface area contributed by atoms with Crippen molar-refractivity contribution in [3.8, 4) is 0 Å². The zero-order chi connectivity index (χ0) is 20.8. The van der Waals surface area contributed by atoms with E-state index in [1.807, 2.05) is 25.1 Å². The molecule has 0 aliphatic heterocycles. The molecular formula is C21H18ClN3O3S. The lowest BCUT2D eigenvalue weighted by atomic mass is 10.2. The highest BCUT2D eigenvalue weighted by Crippen LogP contribution is 2.29. The fourth-order valence-corrected chi connectivity index (χ4v) is 3.75. The fraction of sp³-hybridized carbons (Fsp3) is 0.143. The van der Waals surface area contributed by atoms with Crippen LogP contribution in [-0.2, 0) is 11.3 Å². The van der Waals surface area contributed by atoms with E-state index in [1.54, 1.807) is 47.5 Å². The number of hydrogen-bond donors (Lipinski definition) is 0. The number of pyridine rings is 1. The first-order chi connectivity index (χ1) is 13.9. The predicted molar refractivity (Wildman–Crippen MR) is 115 cm³/mol. The van der Waals surface area contributed by atoms with Crippen molar-refractivity contribution in [2.45, 2.75) is 23.6 Å². The minimum absolute atomic E-state index is 0.0197. The van der Waals surface area contributed by atoms with E-state index >= 15 is 0 Å². The maximum Gasteiger partial charge on any atom is 0.269 e. The number of nitrogens with zero attached hydrogens (tertiary/aromatic N) is 3. The molecule has 1 amide bonds. The number of aromatic nitrogens is 1. The molecule has 0 saturated carbocycles. The van der Waals surface area contributed by atoms with Crippen LogP contribution in [0.1, 0.15) is 12.6 Å². The number of non-ortho nitro benzene ring substituents is 1. The summed E-state index contributed by atoms with van der Waals surface area (Å²) in [6, 6.07) is 18.8. The molecule has 0 radical (unpaired) electrons. The van der Waals surface area contributed by atoms with Gasteiger partial charge in [0.25, 0.3) is 5.69 Å². The van der Waals surface area contributed by atoms with Gasteiger partial charge in [-0.1, -0.05) is 17.7 Å². The Balaban J connectivity index is 1.80. The van der Waals surface area contributed by atoms with Crippen LogP contribution in [0.25, 0.3) is 0 Å². The van der Waals surface area contributed by atoms with Crippen LogP contribution in [0, 0.1) is 10.1 Å². The average Bonchev–Trinajstić information content (AvgIpc) is 2.73. The zero-order valence-electron chi connectivity index (χ0n) is 15.6. The molecule has 148 valence electrons. The molecule has 3 rings (SSSR count). The van der Waals surface area contributed by atoms with Gasteiger partial charge >= 0.3 is 0 Å². The highest BCUT2D eigenvalue weighted by Gasteiger charge is 2.24. The Morgan fingerprint density at radius 1 is 1.14 bits per heavy atom. The van der Waals surface area contributed by atoms with E-state index in [2.05, 4.69) is 4.98 Å². The van der Waals surface area contributed by atoms with Gasteiger partial charge in [-0.25, -0.2) is 0 Å². The second-order valence-electron chi connectivity index (χ2n) is 6.23. The topological polar surface area (TPSA) is 76.3 Å². The third kappa shape index (κ3) is 5.56. The lowest BCUT2D eigenvalue weighted by molar-refractivity contribution is -0.384. The Morgan fingerprint density at radius 2 is 1.83 bits per heavy atom. The van der Waals surface area contributed by atoms with Crippen molar-refractivity contribution in [3.63, 3.8) is 0 Å². The van der Waals surface area contributed by atoms with Crippen LogP contribution < -0.4 is 4.90 Å². The number of halogens is 1. The number of nitro benzene ring substituents is 1. The Hall–Kier alpha value is -2.90. The molecule has 0 aliphatic rings. The van der Waals surface area contributed by atoms with Gasteiger partial charge in [0.15, 0.2) is 0 Å². The number of hydrogen-bond acceptors (Lipinski definition) is 5. The summed E-state index contributed by atoms with van der Waals surface area (Å²) < 4.78 is 0. The first kappa shape index (κ1) is 20.8. The molecule has 0 N–H and O–H groups in total. The van der Waals surface area contributed by atoms with Crippen molar-refractivity contribution in [1.29, 1.82) is 0 Å². The monoisotopic (exact) mass is 427 g/mol. The first-order valence-corrected chi connectivity index (χ1v) is 10.1. The van der Waals surface area contributed by atoms with E-state index in [9.17, 15) is 14.9 Å². The lowest BCUT2D eigenvalue weighted by Gasteiger charge is -2.25. The van der Waals surface area contributed by atoms with E-state index in [4.69, 9.17) is 11.6 Å². The Labute approximate surface area is 177 Å². The predicted octanol–water partition coefficient (Wildman–Crippen LogP) is 5.36. The van der Waals surface area contributed by atoms with Gasteiger partial charge in [0.1, 0.15) is 0 Å². The van der Waals surface area contributed by atoms with E-state index < -0.39 is 10.2 Å². The molecule has 6 nitrogen and oxygen atoms in total. The molecule has 1 atom stereocenters. The molecular weight excluding hydrogens is 410 g/mol. The van der Waals surface area contributed by atoms with Gasteiger partial charge in [-0.15, -0.1) is 11.8 Å². The molecule has 1 heterocycles. The largest absolute Gasteiger partial charge is 0.305 e. The SMILES string of the molecule is CC(Sc1ccc([N+](=O)[O-])cc1)C(=O)N(Cc1ccccn1)c1ccc(Cl)cc1. The van der Waals surface area contributed by atoms with Crippen molar-refractivity contribution in [2.24, 2.45) is 0 Å².